The lowest BCUT2D eigenvalue weighted by molar-refractivity contribution is -0.159. The molecule has 1 aliphatic heterocycles. The highest BCUT2D eigenvalue weighted by atomic mass is 19.3. The number of ether oxygens (including phenoxy) is 1. The van der Waals surface area contributed by atoms with Gasteiger partial charge in [-0.1, -0.05) is 12.1 Å². The molecular weight excluding hydrogens is 254 g/mol. The zero-order chi connectivity index (χ0) is 13.9. The molecule has 0 saturated carbocycles. The summed E-state index contributed by atoms with van der Waals surface area (Å²) in [6.07, 6.45) is -1.39. The molecule has 0 spiro atoms. The summed E-state index contributed by atoms with van der Waals surface area (Å²) in [7, 11) is 0. The van der Waals surface area contributed by atoms with Crippen LogP contribution in [-0.4, -0.2) is 24.5 Å². The maximum Gasteiger partial charge on any atom is 0.377 e. The number of rotatable bonds is 4. The molecule has 2 rings (SSSR count). The number of esters is 1. The van der Waals surface area contributed by atoms with E-state index in [2.05, 4.69) is 10.1 Å². The third kappa shape index (κ3) is 3.26. The van der Waals surface area contributed by atoms with Gasteiger partial charge in [0, 0.05) is 13.1 Å². The normalized spacial score (nSPS) is 20.9. The molecular formula is C13H12F2N2O2. The second-order valence-electron chi connectivity index (χ2n) is 4.38. The Labute approximate surface area is 109 Å². The van der Waals surface area contributed by atoms with E-state index in [1.807, 2.05) is 12.1 Å². The third-order valence-corrected chi connectivity index (χ3v) is 2.81. The first-order valence-electron chi connectivity index (χ1n) is 5.80. The van der Waals surface area contributed by atoms with E-state index in [9.17, 15) is 13.6 Å². The number of carbonyl (C=O) groups excluding carboxylic acids is 1. The molecule has 0 radical (unpaired) electrons. The number of nitrogens with zero attached hydrogens (tertiary/aromatic N) is 1. The second-order valence-corrected chi connectivity index (χ2v) is 4.38. The summed E-state index contributed by atoms with van der Waals surface area (Å²) in [5.74, 6) is -4.82. The van der Waals surface area contributed by atoms with E-state index in [1.54, 1.807) is 18.2 Å². The number of alkyl halides is 2. The number of cyclic esters (lactones) is 1. The predicted octanol–water partition coefficient (Wildman–Crippen LogP) is 1.60. The van der Waals surface area contributed by atoms with Gasteiger partial charge in [0.1, 0.15) is 6.10 Å². The van der Waals surface area contributed by atoms with Crippen molar-refractivity contribution in [1.82, 2.24) is 5.32 Å². The molecule has 1 aromatic rings. The molecule has 1 N–H and O–H groups in total. The standard InChI is InChI=1S/C13H12F2N2O2/c14-13(15)5-11(19-12(13)18)8-17-7-10-3-1-2-9(4-10)6-16/h1-4,11,17H,5,7-8H2. The second kappa shape index (κ2) is 5.33. The van der Waals surface area contributed by atoms with Crippen LogP contribution in [0.1, 0.15) is 17.5 Å². The molecule has 0 bridgehead atoms. The van der Waals surface area contributed by atoms with Crippen LogP contribution in [0.25, 0.3) is 0 Å². The molecule has 0 aromatic heterocycles. The van der Waals surface area contributed by atoms with Crippen molar-refractivity contribution in [2.45, 2.75) is 25.0 Å². The minimum absolute atomic E-state index is 0.165. The van der Waals surface area contributed by atoms with Crippen LogP contribution in [0.2, 0.25) is 0 Å². The maximum absolute atomic E-state index is 12.9. The highest BCUT2D eigenvalue weighted by Crippen LogP contribution is 2.30. The molecule has 1 fully saturated rings. The summed E-state index contributed by atoms with van der Waals surface area (Å²) in [6.45, 7) is 0.591. The Morgan fingerprint density at radius 3 is 2.95 bits per heavy atom. The lowest BCUT2D eigenvalue weighted by Gasteiger charge is -2.10. The number of nitrogens with one attached hydrogen (secondary N) is 1. The number of hydrogen-bond acceptors (Lipinski definition) is 4. The zero-order valence-corrected chi connectivity index (χ0v) is 10.0. The van der Waals surface area contributed by atoms with Crippen molar-refractivity contribution in [3.8, 4) is 6.07 Å². The lowest BCUT2D eigenvalue weighted by atomic mass is 10.1. The van der Waals surface area contributed by atoms with E-state index in [0.717, 1.165) is 5.56 Å². The highest BCUT2D eigenvalue weighted by Gasteiger charge is 2.50. The summed E-state index contributed by atoms with van der Waals surface area (Å²) in [4.78, 5) is 10.8. The molecule has 0 aliphatic carbocycles. The average Bonchev–Trinajstić information content (AvgIpc) is 2.63. The van der Waals surface area contributed by atoms with Gasteiger partial charge in [0.25, 0.3) is 0 Å². The number of hydrogen-bond donors (Lipinski definition) is 1. The highest BCUT2D eigenvalue weighted by molar-refractivity contribution is 5.79. The van der Waals surface area contributed by atoms with Gasteiger partial charge in [0.05, 0.1) is 18.1 Å². The van der Waals surface area contributed by atoms with Crippen LogP contribution in [0.3, 0.4) is 0 Å². The van der Waals surface area contributed by atoms with E-state index in [4.69, 9.17) is 5.26 Å². The minimum atomic E-state index is -3.37. The Morgan fingerprint density at radius 1 is 1.53 bits per heavy atom. The molecule has 4 nitrogen and oxygen atoms in total. The van der Waals surface area contributed by atoms with E-state index in [-0.39, 0.29) is 6.54 Å². The van der Waals surface area contributed by atoms with Gasteiger partial charge < -0.3 is 10.1 Å². The first-order valence-corrected chi connectivity index (χ1v) is 5.80. The smallest absolute Gasteiger partial charge is 0.377 e. The van der Waals surface area contributed by atoms with Crippen LogP contribution in [0.4, 0.5) is 8.78 Å². The first kappa shape index (κ1) is 13.4. The Morgan fingerprint density at radius 2 is 2.32 bits per heavy atom. The molecule has 0 amide bonds. The Hall–Kier alpha value is -2.00. The Kier molecular flexibility index (Phi) is 3.76. The number of nitriles is 1. The van der Waals surface area contributed by atoms with Gasteiger partial charge in [-0.3, -0.25) is 0 Å². The average molecular weight is 266 g/mol. The van der Waals surface area contributed by atoms with E-state index in [0.29, 0.717) is 12.1 Å². The molecule has 1 atom stereocenters. The van der Waals surface area contributed by atoms with Crippen LogP contribution in [0.5, 0.6) is 0 Å². The molecule has 6 heteroatoms. The van der Waals surface area contributed by atoms with E-state index in [1.165, 1.54) is 0 Å². The van der Waals surface area contributed by atoms with Crippen LogP contribution in [0, 0.1) is 11.3 Å². The van der Waals surface area contributed by atoms with Crippen molar-refractivity contribution in [1.29, 1.82) is 5.26 Å². The van der Waals surface area contributed by atoms with E-state index >= 15 is 0 Å². The number of carbonyl (C=O) groups is 1. The maximum atomic E-state index is 12.9. The van der Waals surface area contributed by atoms with Crippen molar-refractivity contribution in [2.75, 3.05) is 6.54 Å². The van der Waals surface area contributed by atoms with Gasteiger partial charge in [-0.15, -0.1) is 0 Å². The topological polar surface area (TPSA) is 62.1 Å². The van der Waals surface area contributed by atoms with Crippen LogP contribution in [-0.2, 0) is 16.1 Å². The fourth-order valence-electron chi connectivity index (χ4n) is 1.89. The molecule has 1 unspecified atom stereocenters. The van der Waals surface area contributed by atoms with Crippen LogP contribution < -0.4 is 5.32 Å². The summed E-state index contributed by atoms with van der Waals surface area (Å²) in [5.41, 5.74) is 1.41. The fourth-order valence-corrected chi connectivity index (χ4v) is 1.89. The summed E-state index contributed by atoms with van der Waals surface area (Å²) >= 11 is 0. The van der Waals surface area contributed by atoms with Crippen molar-refractivity contribution in [2.24, 2.45) is 0 Å². The number of halogens is 2. The lowest BCUT2D eigenvalue weighted by Crippen LogP contribution is -2.26. The van der Waals surface area contributed by atoms with Gasteiger partial charge in [0.15, 0.2) is 0 Å². The first-order chi connectivity index (χ1) is 9.01. The molecule has 19 heavy (non-hydrogen) atoms. The zero-order valence-electron chi connectivity index (χ0n) is 10.0. The van der Waals surface area contributed by atoms with Crippen molar-refractivity contribution < 1.29 is 18.3 Å². The largest absolute Gasteiger partial charge is 0.456 e. The van der Waals surface area contributed by atoms with Crippen molar-refractivity contribution in [3.05, 3.63) is 35.4 Å². The van der Waals surface area contributed by atoms with E-state index < -0.39 is 24.4 Å². The van der Waals surface area contributed by atoms with Gasteiger partial charge in [-0.25, -0.2) is 4.79 Å². The quantitative estimate of drug-likeness (QED) is 0.841. The van der Waals surface area contributed by atoms with Crippen molar-refractivity contribution in [3.63, 3.8) is 0 Å². The Bertz CT molecular complexity index is 526. The molecule has 1 aromatic carbocycles. The molecule has 100 valence electrons. The monoisotopic (exact) mass is 266 g/mol. The fraction of sp³-hybridized carbons (Fsp3) is 0.385. The van der Waals surface area contributed by atoms with Crippen molar-refractivity contribution >= 4 is 5.97 Å². The predicted molar refractivity (Wildman–Crippen MR) is 62.3 cm³/mol. The molecule has 1 aliphatic rings. The summed E-state index contributed by atoms with van der Waals surface area (Å²) in [5, 5.41) is 11.7. The van der Waals surface area contributed by atoms with Crippen LogP contribution >= 0.6 is 0 Å². The minimum Gasteiger partial charge on any atom is -0.456 e. The molecule has 1 saturated heterocycles. The molecule has 1 heterocycles. The third-order valence-electron chi connectivity index (χ3n) is 2.81. The SMILES string of the molecule is N#Cc1cccc(CNCC2CC(F)(F)C(=O)O2)c1. The van der Waals surface area contributed by atoms with Crippen LogP contribution in [0.15, 0.2) is 24.3 Å². The number of benzene rings is 1. The van der Waals surface area contributed by atoms with Gasteiger partial charge in [-0.2, -0.15) is 14.0 Å². The van der Waals surface area contributed by atoms with Gasteiger partial charge in [0.2, 0.25) is 0 Å². The summed E-state index contributed by atoms with van der Waals surface area (Å²) < 4.78 is 30.4. The van der Waals surface area contributed by atoms with Gasteiger partial charge >= 0.3 is 11.9 Å². The summed E-state index contributed by atoms with van der Waals surface area (Å²) in [6, 6.07) is 8.98. The Balaban J connectivity index is 1.81. The van der Waals surface area contributed by atoms with Gasteiger partial charge in [-0.05, 0) is 17.7 Å².